The Kier molecular flexibility index (Phi) is 4.73. The lowest BCUT2D eigenvalue weighted by Crippen LogP contribution is -2.11. The Balaban J connectivity index is 1.81. The van der Waals surface area contributed by atoms with E-state index < -0.39 is 0 Å². The molecule has 6 heteroatoms. The molecule has 0 aliphatic carbocycles. The molecule has 0 aliphatic rings. The fraction of sp³-hybridized carbons (Fsp3) is 0.176. The third-order valence-electron chi connectivity index (χ3n) is 3.43. The van der Waals surface area contributed by atoms with Crippen molar-refractivity contribution in [1.29, 1.82) is 0 Å². The highest BCUT2D eigenvalue weighted by atomic mass is 79.9. The zero-order chi connectivity index (χ0) is 16.4. The summed E-state index contributed by atoms with van der Waals surface area (Å²) in [4.78, 5) is 0. The quantitative estimate of drug-likeness (QED) is 0.533. The van der Waals surface area contributed by atoms with E-state index in [4.69, 9.17) is 5.84 Å². The van der Waals surface area contributed by atoms with Crippen LogP contribution < -0.4 is 5.84 Å². The Hall–Kier alpha value is -1.79. The lowest BCUT2D eigenvalue weighted by molar-refractivity contribution is 0.849. The molecular weight excluding hydrogens is 372 g/mol. The average molecular weight is 389 g/mol. The maximum atomic E-state index is 6.18. The fourth-order valence-corrected chi connectivity index (χ4v) is 3.75. The number of halogens is 1. The summed E-state index contributed by atoms with van der Waals surface area (Å²) in [5.74, 6) is 7.64. The number of nitrogens with zero attached hydrogens (tertiary/aromatic N) is 3. The van der Waals surface area contributed by atoms with E-state index in [-0.39, 0.29) is 0 Å². The molecule has 2 aromatic carbocycles. The van der Waals surface area contributed by atoms with Gasteiger partial charge in [0.25, 0.3) is 0 Å². The van der Waals surface area contributed by atoms with Crippen molar-refractivity contribution in [3.05, 3.63) is 63.6 Å². The number of hydrogen-bond acceptors (Lipinski definition) is 4. The van der Waals surface area contributed by atoms with E-state index in [0.717, 1.165) is 15.8 Å². The first-order valence-corrected chi connectivity index (χ1v) is 8.98. The Bertz CT molecular complexity index is 824. The minimum Gasteiger partial charge on any atom is -0.335 e. The number of nitrogen functional groups attached to an aromatic ring is 1. The van der Waals surface area contributed by atoms with Crippen molar-refractivity contribution in [2.45, 2.75) is 24.8 Å². The summed E-state index contributed by atoms with van der Waals surface area (Å²) in [5, 5.41) is 9.16. The third kappa shape index (κ3) is 3.59. The van der Waals surface area contributed by atoms with Crippen LogP contribution in [0.25, 0.3) is 11.4 Å². The van der Waals surface area contributed by atoms with Gasteiger partial charge in [-0.25, -0.2) is 4.68 Å². The Morgan fingerprint density at radius 1 is 1.09 bits per heavy atom. The first-order chi connectivity index (χ1) is 11.0. The summed E-state index contributed by atoms with van der Waals surface area (Å²) in [5.41, 5.74) is 4.73. The van der Waals surface area contributed by atoms with Crippen LogP contribution in [0.2, 0.25) is 0 Å². The van der Waals surface area contributed by atoms with Crippen molar-refractivity contribution in [3.63, 3.8) is 0 Å². The number of rotatable bonds is 4. The summed E-state index contributed by atoms with van der Waals surface area (Å²) in [7, 11) is 0. The number of benzene rings is 2. The van der Waals surface area contributed by atoms with Crippen LogP contribution in [0.1, 0.15) is 16.7 Å². The first-order valence-electron chi connectivity index (χ1n) is 7.20. The summed E-state index contributed by atoms with van der Waals surface area (Å²) < 4.78 is 2.50. The molecule has 0 saturated carbocycles. The van der Waals surface area contributed by atoms with Crippen LogP contribution in [-0.4, -0.2) is 14.9 Å². The topological polar surface area (TPSA) is 56.7 Å². The highest BCUT2D eigenvalue weighted by molar-refractivity contribution is 9.10. The van der Waals surface area contributed by atoms with E-state index in [0.29, 0.717) is 11.0 Å². The van der Waals surface area contributed by atoms with Gasteiger partial charge in [-0.15, -0.1) is 10.2 Å². The first kappa shape index (κ1) is 16.1. The maximum Gasteiger partial charge on any atom is 0.210 e. The molecule has 0 fully saturated rings. The van der Waals surface area contributed by atoms with Crippen molar-refractivity contribution in [2.24, 2.45) is 0 Å². The predicted molar refractivity (Wildman–Crippen MR) is 98.8 cm³/mol. The molecule has 0 amide bonds. The molecule has 1 heterocycles. The van der Waals surface area contributed by atoms with Crippen molar-refractivity contribution < 1.29 is 0 Å². The van der Waals surface area contributed by atoms with Gasteiger partial charge in [0.05, 0.1) is 0 Å². The van der Waals surface area contributed by atoms with Crippen LogP contribution in [0.15, 0.2) is 52.1 Å². The summed E-state index contributed by atoms with van der Waals surface area (Å²) in [6.07, 6.45) is 0. The molecule has 3 rings (SSSR count). The van der Waals surface area contributed by atoms with E-state index in [1.165, 1.54) is 16.7 Å². The second-order valence-corrected chi connectivity index (χ2v) is 7.24. The van der Waals surface area contributed by atoms with Gasteiger partial charge < -0.3 is 5.84 Å². The number of aromatic nitrogens is 3. The zero-order valence-corrected chi connectivity index (χ0v) is 15.4. The van der Waals surface area contributed by atoms with Gasteiger partial charge in [0.2, 0.25) is 5.16 Å². The number of nitrogens with two attached hydrogens (primary N) is 1. The number of thioether (sulfide) groups is 1. The van der Waals surface area contributed by atoms with Gasteiger partial charge in [0.1, 0.15) is 0 Å². The molecule has 23 heavy (non-hydrogen) atoms. The van der Waals surface area contributed by atoms with Crippen molar-refractivity contribution in [1.82, 2.24) is 14.9 Å². The molecule has 4 nitrogen and oxygen atoms in total. The minimum absolute atomic E-state index is 0.653. The fourth-order valence-electron chi connectivity index (χ4n) is 2.50. The van der Waals surface area contributed by atoms with Crippen molar-refractivity contribution in [2.75, 3.05) is 5.84 Å². The molecule has 0 spiro atoms. The molecule has 0 saturated heterocycles. The van der Waals surface area contributed by atoms with Gasteiger partial charge in [0, 0.05) is 15.8 Å². The average Bonchev–Trinajstić information content (AvgIpc) is 2.86. The highest BCUT2D eigenvalue weighted by Crippen LogP contribution is 2.29. The largest absolute Gasteiger partial charge is 0.335 e. The molecule has 118 valence electrons. The molecule has 1 aromatic heterocycles. The molecule has 0 radical (unpaired) electrons. The van der Waals surface area contributed by atoms with Gasteiger partial charge in [-0.3, -0.25) is 0 Å². The predicted octanol–water partition coefficient (Wildman–Crippen LogP) is 4.33. The summed E-state index contributed by atoms with van der Waals surface area (Å²) in [6.45, 7) is 4.22. The van der Waals surface area contributed by atoms with Gasteiger partial charge in [-0.1, -0.05) is 69.2 Å². The molecule has 0 atom stereocenters. The second-order valence-electron chi connectivity index (χ2n) is 5.44. The standard InChI is InChI=1S/C17H17BrN4S/c1-11-7-12(2)9-13(8-11)10-23-17-21-20-16(22(17)19)14-5-3-4-6-15(14)18/h3-9H,10,19H2,1-2H3. The molecule has 3 aromatic rings. The Labute approximate surface area is 148 Å². The monoisotopic (exact) mass is 388 g/mol. The van der Waals surface area contributed by atoms with Crippen molar-refractivity contribution >= 4 is 27.7 Å². The van der Waals surface area contributed by atoms with E-state index in [1.54, 1.807) is 16.4 Å². The van der Waals surface area contributed by atoms with Crippen LogP contribution >= 0.6 is 27.7 Å². The molecule has 0 aliphatic heterocycles. The second kappa shape index (κ2) is 6.76. The van der Waals surface area contributed by atoms with Gasteiger partial charge >= 0.3 is 0 Å². The summed E-state index contributed by atoms with van der Waals surface area (Å²) in [6, 6.07) is 14.4. The van der Waals surface area contributed by atoms with Crippen LogP contribution in [0.3, 0.4) is 0 Å². The maximum absolute atomic E-state index is 6.18. The smallest absolute Gasteiger partial charge is 0.210 e. The van der Waals surface area contributed by atoms with Gasteiger partial charge in [-0.2, -0.15) is 0 Å². The summed E-state index contributed by atoms with van der Waals surface area (Å²) >= 11 is 5.11. The van der Waals surface area contributed by atoms with E-state index in [9.17, 15) is 0 Å². The number of aryl methyl sites for hydroxylation is 2. The lowest BCUT2D eigenvalue weighted by Gasteiger charge is -2.06. The van der Waals surface area contributed by atoms with Crippen LogP contribution in [0, 0.1) is 13.8 Å². The highest BCUT2D eigenvalue weighted by Gasteiger charge is 2.14. The van der Waals surface area contributed by atoms with E-state index in [2.05, 4.69) is 58.2 Å². The van der Waals surface area contributed by atoms with E-state index in [1.807, 2.05) is 24.3 Å². The third-order valence-corrected chi connectivity index (χ3v) is 5.13. The van der Waals surface area contributed by atoms with Gasteiger partial charge in [-0.05, 0) is 31.5 Å². The van der Waals surface area contributed by atoms with Crippen LogP contribution in [0.4, 0.5) is 0 Å². The molecule has 0 unspecified atom stereocenters. The normalized spacial score (nSPS) is 10.9. The lowest BCUT2D eigenvalue weighted by atomic mass is 10.1. The minimum atomic E-state index is 0.653. The molecular formula is C17H17BrN4S. The Morgan fingerprint density at radius 3 is 2.48 bits per heavy atom. The Morgan fingerprint density at radius 2 is 1.78 bits per heavy atom. The molecule has 2 N–H and O–H groups in total. The SMILES string of the molecule is Cc1cc(C)cc(CSc2nnc(-c3ccccc3Br)n2N)c1. The molecule has 0 bridgehead atoms. The van der Waals surface area contributed by atoms with Gasteiger partial charge in [0.15, 0.2) is 5.82 Å². The van der Waals surface area contributed by atoms with Crippen LogP contribution in [0.5, 0.6) is 0 Å². The number of hydrogen-bond donors (Lipinski definition) is 1. The van der Waals surface area contributed by atoms with E-state index >= 15 is 0 Å². The zero-order valence-electron chi connectivity index (χ0n) is 13.0. The van der Waals surface area contributed by atoms with Crippen LogP contribution in [-0.2, 0) is 5.75 Å². The van der Waals surface area contributed by atoms with Crippen molar-refractivity contribution in [3.8, 4) is 11.4 Å².